The van der Waals surface area contributed by atoms with Gasteiger partial charge >= 0.3 is 0 Å². The molecule has 0 fully saturated rings. The normalized spacial score (nSPS) is 10.3. The van der Waals surface area contributed by atoms with E-state index in [9.17, 15) is 9.59 Å². The van der Waals surface area contributed by atoms with Crippen LogP contribution in [0.1, 0.15) is 42.9 Å². The van der Waals surface area contributed by atoms with E-state index in [2.05, 4.69) is 27.5 Å². The van der Waals surface area contributed by atoms with Crippen LogP contribution in [-0.2, 0) is 4.79 Å². The van der Waals surface area contributed by atoms with Crippen molar-refractivity contribution < 1.29 is 9.59 Å². The van der Waals surface area contributed by atoms with Crippen molar-refractivity contribution >= 4 is 29.1 Å². The van der Waals surface area contributed by atoms with E-state index in [-0.39, 0.29) is 11.8 Å². The maximum Gasteiger partial charge on any atom is 0.274 e. The second-order valence-electron chi connectivity index (χ2n) is 6.18. The van der Waals surface area contributed by atoms with E-state index in [1.807, 2.05) is 18.9 Å². The van der Waals surface area contributed by atoms with Gasteiger partial charge in [0.25, 0.3) is 5.91 Å². The van der Waals surface area contributed by atoms with Crippen molar-refractivity contribution in [2.75, 3.05) is 29.1 Å². The van der Waals surface area contributed by atoms with Crippen molar-refractivity contribution in [2.24, 2.45) is 0 Å². The minimum absolute atomic E-state index is 0.141. The lowest BCUT2D eigenvalue weighted by atomic mass is 10.2. The molecule has 2 amide bonds. The number of hydrogen-bond donors (Lipinski definition) is 2. The molecule has 1 heterocycles. The second-order valence-corrected chi connectivity index (χ2v) is 6.18. The molecule has 2 rings (SSSR count). The van der Waals surface area contributed by atoms with E-state index < -0.39 is 0 Å². The van der Waals surface area contributed by atoms with Crippen LogP contribution >= 0.6 is 0 Å². The Morgan fingerprint density at radius 1 is 1.08 bits per heavy atom. The van der Waals surface area contributed by atoms with Gasteiger partial charge in [0.2, 0.25) is 11.9 Å². The van der Waals surface area contributed by atoms with Gasteiger partial charge in [0.05, 0.1) is 0 Å². The molecule has 0 aliphatic rings. The quantitative estimate of drug-likeness (QED) is 0.796. The topological polar surface area (TPSA) is 87.2 Å². The second kappa shape index (κ2) is 8.94. The van der Waals surface area contributed by atoms with Gasteiger partial charge in [-0.05, 0) is 43.7 Å². The average Bonchev–Trinajstić information content (AvgIpc) is 2.60. The average molecular weight is 355 g/mol. The van der Waals surface area contributed by atoms with Crippen LogP contribution in [0.25, 0.3) is 0 Å². The van der Waals surface area contributed by atoms with Crippen LogP contribution < -0.4 is 15.5 Å². The van der Waals surface area contributed by atoms with Crippen LogP contribution in [0.4, 0.5) is 17.3 Å². The summed E-state index contributed by atoms with van der Waals surface area (Å²) in [5, 5.41) is 5.50. The standard InChI is InChI=1S/C19H25N5O2/c1-5-6-11-24(4)19-20-13(2)12-17(23-19)18(26)22-16-9-7-15(8-10-16)21-14(3)25/h7-10,12H,5-6,11H2,1-4H3,(H,21,25)(H,22,26). The molecule has 0 saturated carbocycles. The Morgan fingerprint density at radius 3 is 2.27 bits per heavy atom. The molecule has 1 aromatic carbocycles. The fourth-order valence-electron chi connectivity index (χ4n) is 2.37. The zero-order chi connectivity index (χ0) is 19.1. The monoisotopic (exact) mass is 355 g/mol. The number of aryl methyl sites for hydroxylation is 1. The number of nitrogens with zero attached hydrogens (tertiary/aromatic N) is 3. The Kier molecular flexibility index (Phi) is 6.66. The van der Waals surface area contributed by atoms with Gasteiger partial charge in [-0.15, -0.1) is 0 Å². The summed E-state index contributed by atoms with van der Waals surface area (Å²) in [4.78, 5) is 34.3. The molecule has 2 N–H and O–H groups in total. The number of benzene rings is 1. The lowest BCUT2D eigenvalue weighted by Gasteiger charge is -2.17. The first-order chi connectivity index (χ1) is 12.4. The fraction of sp³-hybridized carbons (Fsp3) is 0.368. The van der Waals surface area contributed by atoms with Crippen LogP contribution in [0.2, 0.25) is 0 Å². The van der Waals surface area contributed by atoms with Crippen molar-refractivity contribution in [3.63, 3.8) is 0 Å². The highest BCUT2D eigenvalue weighted by atomic mass is 16.2. The molecule has 26 heavy (non-hydrogen) atoms. The highest BCUT2D eigenvalue weighted by Crippen LogP contribution is 2.15. The molecule has 7 heteroatoms. The molecule has 0 bridgehead atoms. The summed E-state index contributed by atoms with van der Waals surface area (Å²) in [5.41, 5.74) is 2.36. The molecule has 7 nitrogen and oxygen atoms in total. The van der Waals surface area contributed by atoms with Gasteiger partial charge in [0.15, 0.2) is 0 Å². The third-order valence-electron chi connectivity index (χ3n) is 3.73. The van der Waals surface area contributed by atoms with E-state index in [1.165, 1.54) is 6.92 Å². The van der Waals surface area contributed by atoms with Crippen molar-refractivity contribution in [1.82, 2.24) is 9.97 Å². The Balaban J connectivity index is 2.11. The molecule has 0 radical (unpaired) electrons. The zero-order valence-corrected chi connectivity index (χ0v) is 15.7. The van der Waals surface area contributed by atoms with E-state index in [4.69, 9.17) is 0 Å². The van der Waals surface area contributed by atoms with Crippen molar-refractivity contribution in [1.29, 1.82) is 0 Å². The number of unbranched alkanes of at least 4 members (excludes halogenated alkanes) is 1. The van der Waals surface area contributed by atoms with Crippen LogP contribution in [0.5, 0.6) is 0 Å². The maximum atomic E-state index is 12.5. The number of amides is 2. The first kappa shape index (κ1) is 19.4. The highest BCUT2D eigenvalue weighted by Gasteiger charge is 2.13. The molecule has 0 spiro atoms. The smallest absolute Gasteiger partial charge is 0.274 e. The van der Waals surface area contributed by atoms with Gasteiger partial charge in [-0.25, -0.2) is 9.97 Å². The number of carbonyl (C=O) groups excluding carboxylic acids is 2. The molecule has 138 valence electrons. The molecule has 1 aromatic heterocycles. The van der Waals surface area contributed by atoms with Crippen LogP contribution in [0.15, 0.2) is 30.3 Å². The van der Waals surface area contributed by atoms with Crippen LogP contribution in [0.3, 0.4) is 0 Å². The fourth-order valence-corrected chi connectivity index (χ4v) is 2.37. The maximum absolute atomic E-state index is 12.5. The molecular weight excluding hydrogens is 330 g/mol. The van der Waals surface area contributed by atoms with E-state index in [1.54, 1.807) is 30.3 Å². The summed E-state index contributed by atoms with van der Waals surface area (Å²) >= 11 is 0. The number of anilines is 3. The molecule has 0 aliphatic heterocycles. The van der Waals surface area contributed by atoms with Gasteiger partial charge < -0.3 is 15.5 Å². The van der Waals surface area contributed by atoms with Crippen molar-refractivity contribution in [2.45, 2.75) is 33.6 Å². The SMILES string of the molecule is CCCCN(C)c1nc(C)cc(C(=O)Nc2ccc(NC(C)=O)cc2)n1. The predicted molar refractivity (Wildman–Crippen MR) is 104 cm³/mol. The van der Waals surface area contributed by atoms with Gasteiger partial charge in [0, 0.05) is 37.6 Å². The minimum atomic E-state index is -0.298. The van der Waals surface area contributed by atoms with Gasteiger partial charge in [-0.2, -0.15) is 0 Å². The number of nitrogens with one attached hydrogen (secondary N) is 2. The molecule has 0 saturated heterocycles. The summed E-state index contributed by atoms with van der Waals surface area (Å²) in [6, 6.07) is 8.58. The Bertz CT molecular complexity index is 774. The Hall–Kier alpha value is -2.96. The number of aromatic nitrogens is 2. The van der Waals surface area contributed by atoms with Crippen molar-refractivity contribution in [3.8, 4) is 0 Å². The van der Waals surface area contributed by atoms with Crippen molar-refractivity contribution in [3.05, 3.63) is 41.7 Å². The summed E-state index contributed by atoms with van der Waals surface area (Å²) in [5.74, 6) is 0.107. The first-order valence-corrected chi connectivity index (χ1v) is 8.65. The zero-order valence-electron chi connectivity index (χ0n) is 15.7. The minimum Gasteiger partial charge on any atom is -0.344 e. The van der Waals surface area contributed by atoms with E-state index >= 15 is 0 Å². The summed E-state index contributed by atoms with van der Waals surface area (Å²) in [6.45, 7) is 6.26. The summed E-state index contributed by atoms with van der Waals surface area (Å²) in [7, 11) is 1.92. The van der Waals surface area contributed by atoms with E-state index in [0.29, 0.717) is 23.0 Å². The first-order valence-electron chi connectivity index (χ1n) is 8.65. The number of rotatable bonds is 7. The van der Waals surface area contributed by atoms with Gasteiger partial charge in [0.1, 0.15) is 5.69 Å². The molecule has 0 aliphatic carbocycles. The largest absolute Gasteiger partial charge is 0.344 e. The lowest BCUT2D eigenvalue weighted by Crippen LogP contribution is -2.23. The van der Waals surface area contributed by atoms with Crippen LogP contribution in [-0.4, -0.2) is 35.4 Å². The molecule has 0 atom stereocenters. The highest BCUT2D eigenvalue weighted by molar-refractivity contribution is 6.03. The summed E-state index contributed by atoms with van der Waals surface area (Å²) < 4.78 is 0. The van der Waals surface area contributed by atoms with Gasteiger partial charge in [-0.3, -0.25) is 9.59 Å². The number of carbonyl (C=O) groups is 2. The Labute approximate surface area is 153 Å². The third kappa shape index (κ3) is 5.54. The summed E-state index contributed by atoms with van der Waals surface area (Å²) in [6.07, 6.45) is 2.12. The Morgan fingerprint density at radius 2 is 1.69 bits per heavy atom. The third-order valence-corrected chi connectivity index (χ3v) is 3.73. The van der Waals surface area contributed by atoms with E-state index in [0.717, 1.165) is 25.1 Å². The van der Waals surface area contributed by atoms with Gasteiger partial charge in [-0.1, -0.05) is 13.3 Å². The number of hydrogen-bond acceptors (Lipinski definition) is 5. The molecule has 0 unspecified atom stereocenters. The molecule has 2 aromatic rings. The van der Waals surface area contributed by atoms with Crippen LogP contribution in [0, 0.1) is 6.92 Å². The molecular formula is C19H25N5O2. The predicted octanol–water partition coefficient (Wildman–Crippen LogP) is 3.23. The lowest BCUT2D eigenvalue weighted by molar-refractivity contribution is -0.114.